The Morgan fingerprint density at radius 2 is 2.14 bits per heavy atom. The first-order valence-electron chi connectivity index (χ1n) is 4.27. The Morgan fingerprint density at radius 3 is 2.79 bits per heavy atom. The molecule has 4 heteroatoms. The summed E-state index contributed by atoms with van der Waals surface area (Å²) in [5.74, 6) is -0.161. The number of nitrogens with one attached hydrogen (secondary N) is 1. The summed E-state index contributed by atoms with van der Waals surface area (Å²) < 4.78 is 0. The van der Waals surface area contributed by atoms with Gasteiger partial charge in [0.25, 0.3) is 5.91 Å². The van der Waals surface area contributed by atoms with E-state index in [-0.39, 0.29) is 5.91 Å². The first-order chi connectivity index (χ1) is 6.59. The van der Waals surface area contributed by atoms with Crippen molar-refractivity contribution in [1.82, 2.24) is 0 Å². The average Bonchev–Trinajstić information content (AvgIpc) is 2.40. The quantitative estimate of drug-likeness (QED) is 0.419. The zero-order valence-electron chi connectivity index (χ0n) is 7.79. The summed E-state index contributed by atoms with van der Waals surface area (Å²) in [5.41, 5.74) is 14.5. The molecule has 0 aromatic heterocycles. The average molecular weight is 189 g/mol. The van der Waals surface area contributed by atoms with Crippen molar-refractivity contribution >= 4 is 22.9 Å². The molecule has 72 valence electrons. The summed E-state index contributed by atoms with van der Waals surface area (Å²) in [4.78, 5) is 11.5. The number of anilines is 2. The summed E-state index contributed by atoms with van der Waals surface area (Å²) in [6, 6.07) is 5.27. The number of amides is 1. The summed E-state index contributed by atoms with van der Waals surface area (Å²) in [7, 11) is 0. The number of benzene rings is 1. The SMILES string of the molecule is C/C(N)=C1/C(=O)Nc2ccc(N)cc21. The Balaban J connectivity index is 2.68. The fraction of sp³-hybridized carbons (Fsp3) is 0.100. The molecule has 4 nitrogen and oxygen atoms in total. The van der Waals surface area contributed by atoms with Crippen molar-refractivity contribution in [2.24, 2.45) is 5.73 Å². The highest BCUT2D eigenvalue weighted by Crippen LogP contribution is 2.33. The van der Waals surface area contributed by atoms with Crippen LogP contribution in [-0.2, 0) is 4.79 Å². The Hall–Kier alpha value is -1.97. The lowest BCUT2D eigenvalue weighted by Crippen LogP contribution is -2.08. The summed E-state index contributed by atoms with van der Waals surface area (Å²) in [6.07, 6.45) is 0. The van der Waals surface area contributed by atoms with Gasteiger partial charge in [0, 0.05) is 22.6 Å². The lowest BCUT2D eigenvalue weighted by molar-refractivity contribution is -0.110. The third-order valence-electron chi connectivity index (χ3n) is 2.18. The number of fused-ring (bicyclic) bond motifs is 1. The van der Waals surface area contributed by atoms with Crippen LogP contribution in [0.1, 0.15) is 12.5 Å². The second-order valence-corrected chi connectivity index (χ2v) is 3.32. The molecule has 0 spiro atoms. The maximum atomic E-state index is 11.5. The third kappa shape index (κ3) is 1.12. The summed E-state index contributed by atoms with van der Waals surface area (Å²) in [6.45, 7) is 1.70. The maximum Gasteiger partial charge on any atom is 0.258 e. The van der Waals surface area contributed by atoms with E-state index in [1.54, 1.807) is 25.1 Å². The molecular weight excluding hydrogens is 178 g/mol. The lowest BCUT2D eigenvalue weighted by Gasteiger charge is -2.00. The number of hydrogen-bond donors (Lipinski definition) is 3. The molecule has 0 saturated heterocycles. The molecule has 0 unspecified atom stereocenters. The van der Waals surface area contributed by atoms with Crippen molar-refractivity contribution in [3.63, 3.8) is 0 Å². The number of carbonyl (C=O) groups is 1. The topological polar surface area (TPSA) is 81.1 Å². The van der Waals surface area contributed by atoms with E-state index >= 15 is 0 Å². The van der Waals surface area contributed by atoms with Crippen LogP contribution < -0.4 is 16.8 Å². The minimum Gasteiger partial charge on any atom is -0.402 e. The Bertz CT molecular complexity index is 445. The number of nitrogens with two attached hydrogens (primary N) is 2. The zero-order chi connectivity index (χ0) is 10.3. The minimum atomic E-state index is -0.161. The van der Waals surface area contributed by atoms with Crippen LogP contribution in [0.5, 0.6) is 0 Å². The van der Waals surface area contributed by atoms with Crippen molar-refractivity contribution in [3.8, 4) is 0 Å². The molecule has 0 radical (unpaired) electrons. The van der Waals surface area contributed by atoms with Crippen LogP contribution in [0.2, 0.25) is 0 Å². The van der Waals surface area contributed by atoms with Gasteiger partial charge in [0.1, 0.15) is 0 Å². The third-order valence-corrected chi connectivity index (χ3v) is 2.18. The molecule has 1 aromatic carbocycles. The number of allylic oxidation sites excluding steroid dienone is 1. The van der Waals surface area contributed by atoms with Crippen molar-refractivity contribution in [3.05, 3.63) is 29.5 Å². The van der Waals surface area contributed by atoms with E-state index in [1.807, 2.05) is 0 Å². The van der Waals surface area contributed by atoms with Gasteiger partial charge < -0.3 is 16.8 Å². The molecular formula is C10H11N3O. The maximum absolute atomic E-state index is 11.5. The van der Waals surface area contributed by atoms with Crippen LogP contribution in [0, 0.1) is 0 Å². The summed E-state index contributed by atoms with van der Waals surface area (Å²) >= 11 is 0. The van der Waals surface area contributed by atoms with Gasteiger partial charge in [-0.1, -0.05) is 0 Å². The highest BCUT2D eigenvalue weighted by Gasteiger charge is 2.25. The molecule has 14 heavy (non-hydrogen) atoms. The smallest absolute Gasteiger partial charge is 0.258 e. The first-order valence-corrected chi connectivity index (χ1v) is 4.27. The molecule has 0 bridgehead atoms. The molecule has 0 fully saturated rings. The molecule has 1 aliphatic rings. The van der Waals surface area contributed by atoms with Crippen LogP contribution in [0.25, 0.3) is 5.57 Å². The number of hydrogen-bond acceptors (Lipinski definition) is 3. The predicted molar refractivity (Wildman–Crippen MR) is 56.3 cm³/mol. The zero-order valence-corrected chi connectivity index (χ0v) is 7.79. The highest BCUT2D eigenvalue weighted by atomic mass is 16.2. The molecule has 1 amide bonds. The van der Waals surface area contributed by atoms with Crippen LogP contribution >= 0.6 is 0 Å². The molecule has 0 atom stereocenters. The molecule has 5 N–H and O–H groups in total. The molecule has 2 rings (SSSR count). The lowest BCUT2D eigenvalue weighted by atomic mass is 10.1. The van der Waals surface area contributed by atoms with Crippen LogP contribution in [-0.4, -0.2) is 5.91 Å². The van der Waals surface area contributed by atoms with Gasteiger partial charge >= 0.3 is 0 Å². The van der Waals surface area contributed by atoms with Gasteiger partial charge in [-0.05, 0) is 25.1 Å². The molecule has 1 heterocycles. The fourth-order valence-electron chi connectivity index (χ4n) is 1.58. The van der Waals surface area contributed by atoms with Crippen molar-refractivity contribution in [2.45, 2.75) is 6.92 Å². The Kier molecular flexibility index (Phi) is 1.70. The number of carbonyl (C=O) groups excluding carboxylic acids is 1. The van der Waals surface area contributed by atoms with E-state index in [9.17, 15) is 4.79 Å². The molecule has 1 aromatic rings. The van der Waals surface area contributed by atoms with E-state index in [4.69, 9.17) is 11.5 Å². The highest BCUT2D eigenvalue weighted by molar-refractivity contribution is 6.32. The number of rotatable bonds is 0. The van der Waals surface area contributed by atoms with Gasteiger partial charge in [0.05, 0.1) is 5.57 Å². The van der Waals surface area contributed by atoms with E-state index in [0.29, 0.717) is 17.0 Å². The van der Waals surface area contributed by atoms with Gasteiger partial charge in [-0.25, -0.2) is 0 Å². The molecule has 1 aliphatic heterocycles. The van der Waals surface area contributed by atoms with Crippen molar-refractivity contribution < 1.29 is 4.79 Å². The van der Waals surface area contributed by atoms with E-state index < -0.39 is 0 Å². The van der Waals surface area contributed by atoms with E-state index in [0.717, 1.165) is 11.3 Å². The van der Waals surface area contributed by atoms with Gasteiger partial charge in [-0.15, -0.1) is 0 Å². The van der Waals surface area contributed by atoms with Gasteiger partial charge in [0.15, 0.2) is 0 Å². The monoisotopic (exact) mass is 189 g/mol. The van der Waals surface area contributed by atoms with E-state index in [2.05, 4.69) is 5.32 Å². The molecule has 0 saturated carbocycles. The van der Waals surface area contributed by atoms with Gasteiger partial charge in [-0.3, -0.25) is 4.79 Å². The minimum absolute atomic E-state index is 0.161. The largest absolute Gasteiger partial charge is 0.402 e. The number of nitrogen functional groups attached to an aromatic ring is 1. The Morgan fingerprint density at radius 1 is 1.43 bits per heavy atom. The van der Waals surface area contributed by atoms with Crippen molar-refractivity contribution in [2.75, 3.05) is 11.1 Å². The van der Waals surface area contributed by atoms with Gasteiger partial charge in [-0.2, -0.15) is 0 Å². The second-order valence-electron chi connectivity index (χ2n) is 3.32. The van der Waals surface area contributed by atoms with Crippen LogP contribution in [0.3, 0.4) is 0 Å². The second kappa shape index (κ2) is 2.77. The first kappa shape index (κ1) is 8.62. The normalized spacial score (nSPS) is 17.6. The van der Waals surface area contributed by atoms with Gasteiger partial charge in [0.2, 0.25) is 0 Å². The van der Waals surface area contributed by atoms with Crippen LogP contribution in [0.15, 0.2) is 23.9 Å². The fourth-order valence-corrected chi connectivity index (χ4v) is 1.58. The Labute approximate surface area is 81.6 Å². The van der Waals surface area contributed by atoms with Crippen molar-refractivity contribution in [1.29, 1.82) is 0 Å². The predicted octanol–water partition coefficient (Wildman–Crippen LogP) is 0.911. The summed E-state index contributed by atoms with van der Waals surface area (Å²) in [5, 5.41) is 2.72. The molecule has 0 aliphatic carbocycles. The van der Waals surface area contributed by atoms with E-state index in [1.165, 1.54) is 0 Å². The standard InChI is InChI=1S/C10H11N3O/c1-5(11)9-7-4-6(12)2-3-8(7)13-10(9)14/h2-4H,11-12H2,1H3,(H,13,14)/b9-5-. The van der Waals surface area contributed by atoms with Crippen LogP contribution in [0.4, 0.5) is 11.4 Å².